The standard InChI is InChI=1S/C8H6F3NO/c1-5-2-3-6(8(9,10)11)7(4-5)12-13/h2-4H,1H3. The van der Waals surface area contributed by atoms with Crippen LogP contribution in [0.15, 0.2) is 23.4 Å². The van der Waals surface area contributed by atoms with E-state index in [1.54, 1.807) is 6.92 Å². The number of alkyl halides is 3. The monoisotopic (exact) mass is 189 g/mol. The molecule has 5 heteroatoms. The minimum absolute atomic E-state index is 0.562. The SMILES string of the molecule is Cc1ccc(C(F)(F)F)c(N=O)c1. The first-order chi connectivity index (χ1) is 5.95. The van der Waals surface area contributed by atoms with Crippen molar-refractivity contribution >= 4 is 5.69 Å². The van der Waals surface area contributed by atoms with E-state index in [4.69, 9.17) is 0 Å². The number of aryl methyl sites for hydroxylation is 1. The summed E-state index contributed by atoms with van der Waals surface area (Å²) in [7, 11) is 0. The van der Waals surface area contributed by atoms with Crippen molar-refractivity contribution in [2.24, 2.45) is 5.18 Å². The topological polar surface area (TPSA) is 29.4 Å². The van der Waals surface area contributed by atoms with Crippen LogP contribution < -0.4 is 0 Å². The summed E-state index contributed by atoms with van der Waals surface area (Å²) < 4.78 is 36.5. The van der Waals surface area contributed by atoms with Crippen molar-refractivity contribution in [1.29, 1.82) is 0 Å². The molecule has 0 saturated heterocycles. The summed E-state index contributed by atoms with van der Waals surface area (Å²) in [5.74, 6) is 0. The normalized spacial score (nSPS) is 11.4. The lowest BCUT2D eigenvalue weighted by Crippen LogP contribution is -2.04. The molecule has 0 aliphatic rings. The van der Waals surface area contributed by atoms with Gasteiger partial charge in [-0.2, -0.15) is 13.2 Å². The molecular formula is C8H6F3NO. The summed E-state index contributed by atoms with van der Waals surface area (Å²) in [5.41, 5.74) is -0.983. The van der Waals surface area contributed by atoms with Crippen LogP contribution in [0, 0.1) is 11.8 Å². The van der Waals surface area contributed by atoms with E-state index < -0.39 is 17.4 Å². The maximum absolute atomic E-state index is 12.2. The van der Waals surface area contributed by atoms with Crippen LogP contribution in [0.2, 0.25) is 0 Å². The third kappa shape index (κ3) is 2.05. The van der Waals surface area contributed by atoms with E-state index >= 15 is 0 Å². The zero-order valence-electron chi connectivity index (χ0n) is 6.72. The Hall–Kier alpha value is -1.39. The van der Waals surface area contributed by atoms with Crippen LogP contribution in [0.4, 0.5) is 18.9 Å². The van der Waals surface area contributed by atoms with Gasteiger partial charge >= 0.3 is 6.18 Å². The number of rotatable bonds is 1. The third-order valence-corrected chi connectivity index (χ3v) is 1.56. The average molecular weight is 189 g/mol. The van der Waals surface area contributed by atoms with Gasteiger partial charge in [0.05, 0.1) is 5.56 Å². The molecule has 0 bridgehead atoms. The van der Waals surface area contributed by atoms with Crippen LogP contribution in [0.5, 0.6) is 0 Å². The van der Waals surface area contributed by atoms with Gasteiger partial charge in [-0.25, -0.2) is 0 Å². The summed E-state index contributed by atoms with van der Waals surface area (Å²) in [6, 6.07) is 3.25. The molecule has 0 spiro atoms. The largest absolute Gasteiger partial charge is 0.418 e. The van der Waals surface area contributed by atoms with Crippen molar-refractivity contribution in [3.63, 3.8) is 0 Å². The van der Waals surface area contributed by atoms with E-state index in [9.17, 15) is 18.1 Å². The van der Waals surface area contributed by atoms with E-state index in [2.05, 4.69) is 5.18 Å². The van der Waals surface area contributed by atoms with Crippen molar-refractivity contribution in [3.8, 4) is 0 Å². The van der Waals surface area contributed by atoms with Gasteiger partial charge in [-0.1, -0.05) is 6.07 Å². The molecule has 2 nitrogen and oxygen atoms in total. The van der Waals surface area contributed by atoms with Gasteiger partial charge in [0.15, 0.2) is 0 Å². The highest BCUT2D eigenvalue weighted by Gasteiger charge is 2.33. The van der Waals surface area contributed by atoms with Crippen LogP contribution in [0.3, 0.4) is 0 Å². The molecule has 0 atom stereocenters. The van der Waals surface area contributed by atoms with Gasteiger partial charge in [0.1, 0.15) is 5.69 Å². The molecule has 0 aromatic heterocycles. The number of halogens is 3. The van der Waals surface area contributed by atoms with E-state index in [-0.39, 0.29) is 0 Å². The zero-order chi connectivity index (χ0) is 10.1. The molecule has 0 fully saturated rings. The predicted octanol–water partition coefficient (Wildman–Crippen LogP) is 3.41. The second-order valence-electron chi connectivity index (χ2n) is 2.61. The Kier molecular flexibility index (Phi) is 2.36. The lowest BCUT2D eigenvalue weighted by molar-refractivity contribution is -0.137. The lowest BCUT2D eigenvalue weighted by atomic mass is 10.1. The fourth-order valence-electron chi connectivity index (χ4n) is 0.957. The Balaban J connectivity index is 3.29. The Morgan fingerprint density at radius 1 is 1.31 bits per heavy atom. The molecule has 13 heavy (non-hydrogen) atoms. The minimum Gasteiger partial charge on any atom is -0.166 e. The smallest absolute Gasteiger partial charge is 0.166 e. The number of nitroso groups, excluding NO2 is 1. The highest BCUT2D eigenvalue weighted by Crippen LogP contribution is 2.36. The Morgan fingerprint density at radius 3 is 2.38 bits per heavy atom. The molecule has 1 aromatic carbocycles. The van der Waals surface area contributed by atoms with Gasteiger partial charge in [0.2, 0.25) is 0 Å². The first kappa shape index (κ1) is 9.70. The van der Waals surface area contributed by atoms with E-state index in [0.717, 1.165) is 12.1 Å². The predicted molar refractivity (Wildman–Crippen MR) is 41.6 cm³/mol. The van der Waals surface area contributed by atoms with Crippen molar-refractivity contribution < 1.29 is 13.2 Å². The summed E-state index contributed by atoms with van der Waals surface area (Å²) in [5, 5.41) is 2.33. The van der Waals surface area contributed by atoms with Crippen molar-refractivity contribution in [2.45, 2.75) is 13.1 Å². The maximum atomic E-state index is 12.2. The summed E-state index contributed by atoms with van der Waals surface area (Å²) in [4.78, 5) is 10.1. The minimum atomic E-state index is -4.52. The second-order valence-corrected chi connectivity index (χ2v) is 2.61. The first-order valence-corrected chi connectivity index (χ1v) is 3.46. The van der Waals surface area contributed by atoms with E-state index in [1.165, 1.54) is 6.07 Å². The highest BCUT2D eigenvalue weighted by molar-refractivity contribution is 5.49. The molecule has 0 amide bonds. The van der Waals surface area contributed by atoms with Crippen molar-refractivity contribution in [1.82, 2.24) is 0 Å². The molecule has 1 aromatic rings. The van der Waals surface area contributed by atoms with Crippen molar-refractivity contribution in [3.05, 3.63) is 34.2 Å². The van der Waals surface area contributed by atoms with Gasteiger partial charge in [0.25, 0.3) is 0 Å². The van der Waals surface area contributed by atoms with Gasteiger partial charge < -0.3 is 0 Å². The van der Waals surface area contributed by atoms with Crippen LogP contribution in [0.1, 0.15) is 11.1 Å². The fourth-order valence-corrected chi connectivity index (χ4v) is 0.957. The summed E-state index contributed by atoms with van der Waals surface area (Å²) >= 11 is 0. The Morgan fingerprint density at radius 2 is 1.92 bits per heavy atom. The molecule has 70 valence electrons. The molecular weight excluding hydrogens is 183 g/mol. The fraction of sp³-hybridized carbons (Fsp3) is 0.250. The lowest BCUT2D eigenvalue weighted by Gasteiger charge is -2.07. The zero-order valence-corrected chi connectivity index (χ0v) is 6.72. The van der Waals surface area contributed by atoms with Gasteiger partial charge in [-0.15, -0.1) is 4.91 Å². The maximum Gasteiger partial charge on any atom is 0.418 e. The Labute approximate surface area is 72.4 Å². The van der Waals surface area contributed by atoms with Crippen LogP contribution in [-0.2, 0) is 6.18 Å². The molecule has 0 heterocycles. The van der Waals surface area contributed by atoms with Crippen molar-refractivity contribution in [2.75, 3.05) is 0 Å². The molecule has 0 aliphatic carbocycles. The Bertz CT molecular complexity index is 333. The van der Waals surface area contributed by atoms with Crippen LogP contribution >= 0.6 is 0 Å². The average Bonchev–Trinajstić information content (AvgIpc) is 2.01. The molecule has 0 aliphatic heterocycles. The van der Waals surface area contributed by atoms with Gasteiger partial charge in [-0.05, 0) is 29.8 Å². The highest BCUT2D eigenvalue weighted by atomic mass is 19.4. The number of hydrogen-bond acceptors (Lipinski definition) is 2. The number of benzene rings is 1. The van der Waals surface area contributed by atoms with E-state index in [0.29, 0.717) is 5.56 Å². The molecule has 0 radical (unpaired) electrons. The van der Waals surface area contributed by atoms with Crippen LogP contribution in [0.25, 0.3) is 0 Å². The van der Waals surface area contributed by atoms with Gasteiger partial charge in [0, 0.05) is 0 Å². The van der Waals surface area contributed by atoms with Gasteiger partial charge in [-0.3, -0.25) is 0 Å². The molecule has 0 N–H and O–H groups in total. The summed E-state index contributed by atoms with van der Waals surface area (Å²) in [6.45, 7) is 1.59. The third-order valence-electron chi connectivity index (χ3n) is 1.56. The molecule has 0 saturated carbocycles. The van der Waals surface area contributed by atoms with E-state index in [1.807, 2.05) is 0 Å². The molecule has 0 unspecified atom stereocenters. The molecule has 1 rings (SSSR count). The summed E-state index contributed by atoms with van der Waals surface area (Å²) in [6.07, 6.45) is -4.52. The number of nitrogens with zero attached hydrogens (tertiary/aromatic N) is 1. The van der Waals surface area contributed by atoms with Crippen LogP contribution in [-0.4, -0.2) is 0 Å². The first-order valence-electron chi connectivity index (χ1n) is 3.46. The second kappa shape index (κ2) is 3.16. The number of hydrogen-bond donors (Lipinski definition) is 0. The quantitative estimate of drug-likeness (QED) is 0.622.